The van der Waals surface area contributed by atoms with Crippen molar-refractivity contribution >= 4 is 11.6 Å². The van der Waals surface area contributed by atoms with E-state index in [1.54, 1.807) is 6.07 Å². The van der Waals surface area contributed by atoms with Gasteiger partial charge in [-0.05, 0) is 31.0 Å². The number of carbonyl (C=O) groups excluding carboxylic acids is 1. The Morgan fingerprint density at radius 2 is 2.14 bits per heavy atom. The summed E-state index contributed by atoms with van der Waals surface area (Å²) in [5.74, 6) is -1.51. The summed E-state index contributed by atoms with van der Waals surface area (Å²) in [6, 6.07) is 4.56. The zero-order valence-corrected chi connectivity index (χ0v) is 11.6. The molecular formula is C14H17F3N2O2. The molecule has 0 saturated carbocycles. The van der Waals surface area contributed by atoms with Crippen molar-refractivity contribution in [3.05, 3.63) is 23.8 Å². The summed E-state index contributed by atoms with van der Waals surface area (Å²) in [5, 5.41) is 0. The van der Waals surface area contributed by atoms with Gasteiger partial charge in [0.1, 0.15) is 5.75 Å². The number of amides is 1. The number of hydrogen-bond acceptors (Lipinski definition) is 3. The SMILES string of the molecule is COc1ccc(N)c(C(=O)N2CCCC(C(F)(F)F)C2)c1. The van der Waals surface area contributed by atoms with E-state index >= 15 is 0 Å². The summed E-state index contributed by atoms with van der Waals surface area (Å²) in [6.07, 6.45) is -3.89. The number of piperidine rings is 1. The number of ether oxygens (including phenoxy) is 1. The maximum absolute atomic E-state index is 12.8. The molecule has 2 N–H and O–H groups in total. The van der Waals surface area contributed by atoms with Crippen molar-refractivity contribution in [1.29, 1.82) is 0 Å². The monoisotopic (exact) mass is 302 g/mol. The lowest BCUT2D eigenvalue weighted by molar-refractivity contribution is -0.184. The summed E-state index contributed by atoms with van der Waals surface area (Å²) in [5.41, 5.74) is 6.16. The van der Waals surface area contributed by atoms with E-state index < -0.39 is 18.0 Å². The summed E-state index contributed by atoms with van der Waals surface area (Å²) in [4.78, 5) is 13.6. The van der Waals surface area contributed by atoms with Gasteiger partial charge in [-0.1, -0.05) is 0 Å². The van der Waals surface area contributed by atoms with Crippen LogP contribution in [0.1, 0.15) is 23.2 Å². The Bertz CT molecular complexity index is 531. The average Bonchev–Trinajstić information content (AvgIpc) is 2.46. The van der Waals surface area contributed by atoms with Crippen molar-refractivity contribution in [2.24, 2.45) is 5.92 Å². The fourth-order valence-corrected chi connectivity index (χ4v) is 2.45. The van der Waals surface area contributed by atoms with Gasteiger partial charge < -0.3 is 15.4 Å². The van der Waals surface area contributed by atoms with Gasteiger partial charge in [-0.15, -0.1) is 0 Å². The summed E-state index contributed by atoms with van der Waals surface area (Å²) >= 11 is 0. The molecule has 0 radical (unpaired) electrons. The minimum atomic E-state index is -4.28. The van der Waals surface area contributed by atoms with Crippen LogP contribution < -0.4 is 10.5 Å². The van der Waals surface area contributed by atoms with Crippen LogP contribution in [0.2, 0.25) is 0 Å². The second-order valence-electron chi connectivity index (χ2n) is 5.09. The van der Waals surface area contributed by atoms with E-state index in [0.29, 0.717) is 18.7 Å². The van der Waals surface area contributed by atoms with Gasteiger partial charge in [0.2, 0.25) is 0 Å². The van der Waals surface area contributed by atoms with Crippen molar-refractivity contribution in [3.63, 3.8) is 0 Å². The first-order valence-corrected chi connectivity index (χ1v) is 6.62. The zero-order valence-electron chi connectivity index (χ0n) is 11.6. The minimum Gasteiger partial charge on any atom is -0.497 e. The molecule has 1 aliphatic rings. The molecule has 1 heterocycles. The van der Waals surface area contributed by atoms with Gasteiger partial charge in [0, 0.05) is 18.8 Å². The summed E-state index contributed by atoms with van der Waals surface area (Å²) in [6.45, 7) is -0.0129. The van der Waals surface area contributed by atoms with E-state index in [4.69, 9.17) is 10.5 Å². The summed E-state index contributed by atoms with van der Waals surface area (Å²) < 4.78 is 43.4. The number of alkyl halides is 3. The lowest BCUT2D eigenvalue weighted by atomic mass is 9.96. The molecule has 1 unspecified atom stereocenters. The Labute approximate surface area is 120 Å². The van der Waals surface area contributed by atoms with E-state index in [1.165, 1.54) is 24.1 Å². The molecule has 1 amide bonds. The molecule has 0 bridgehead atoms. The van der Waals surface area contributed by atoms with E-state index in [1.807, 2.05) is 0 Å². The number of nitrogens with zero attached hydrogens (tertiary/aromatic N) is 1. The van der Waals surface area contributed by atoms with Crippen molar-refractivity contribution in [3.8, 4) is 5.75 Å². The Morgan fingerprint density at radius 3 is 2.76 bits per heavy atom. The number of anilines is 1. The molecule has 21 heavy (non-hydrogen) atoms. The first-order valence-electron chi connectivity index (χ1n) is 6.62. The van der Waals surface area contributed by atoms with Gasteiger partial charge in [-0.2, -0.15) is 13.2 Å². The molecule has 1 saturated heterocycles. The number of rotatable bonds is 2. The van der Waals surface area contributed by atoms with Crippen LogP contribution in [0.4, 0.5) is 18.9 Å². The molecule has 1 atom stereocenters. The second-order valence-corrected chi connectivity index (χ2v) is 5.09. The largest absolute Gasteiger partial charge is 0.497 e. The molecule has 1 aromatic rings. The van der Waals surface area contributed by atoms with Crippen LogP contribution in [0.3, 0.4) is 0 Å². The highest BCUT2D eigenvalue weighted by Gasteiger charge is 2.42. The van der Waals surface area contributed by atoms with Crippen LogP contribution in [0.15, 0.2) is 18.2 Å². The lowest BCUT2D eigenvalue weighted by Crippen LogP contribution is -2.44. The second kappa shape index (κ2) is 5.83. The molecule has 116 valence electrons. The van der Waals surface area contributed by atoms with Crippen LogP contribution >= 0.6 is 0 Å². The standard InChI is InChI=1S/C14H17F3N2O2/c1-21-10-4-5-12(18)11(7-10)13(20)19-6-2-3-9(8-19)14(15,16)17/h4-5,7,9H,2-3,6,8,18H2,1H3. The zero-order chi connectivity index (χ0) is 15.6. The van der Waals surface area contributed by atoms with Gasteiger partial charge in [-0.3, -0.25) is 4.79 Å². The third-order valence-corrected chi connectivity index (χ3v) is 3.66. The van der Waals surface area contributed by atoms with Crippen molar-refractivity contribution in [2.45, 2.75) is 19.0 Å². The Morgan fingerprint density at radius 1 is 1.43 bits per heavy atom. The maximum Gasteiger partial charge on any atom is 0.393 e. The molecule has 1 aromatic carbocycles. The van der Waals surface area contributed by atoms with E-state index in [2.05, 4.69) is 0 Å². The molecule has 0 aliphatic carbocycles. The fraction of sp³-hybridized carbons (Fsp3) is 0.500. The van der Waals surface area contributed by atoms with Crippen molar-refractivity contribution in [2.75, 3.05) is 25.9 Å². The minimum absolute atomic E-state index is 0.0564. The third kappa shape index (κ3) is 3.40. The molecule has 4 nitrogen and oxygen atoms in total. The highest BCUT2D eigenvalue weighted by molar-refractivity contribution is 5.99. The fourth-order valence-electron chi connectivity index (χ4n) is 2.45. The van der Waals surface area contributed by atoms with Crippen LogP contribution in [0.5, 0.6) is 5.75 Å². The first kappa shape index (κ1) is 15.5. The lowest BCUT2D eigenvalue weighted by Gasteiger charge is -2.34. The highest BCUT2D eigenvalue weighted by atomic mass is 19.4. The van der Waals surface area contributed by atoms with E-state index in [-0.39, 0.29) is 24.2 Å². The van der Waals surface area contributed by atoms with E-state index in [0.717, 1.165) is 0 Å². The molecule has 7 heteroatoms. The average molecular weight is 302 g/mol. The number of methoxy groups -OCH3 is 1. The van der Waals surface area contributed by atoms with Gasteiger partial charge in [-0.25, -0.2) is 0 Å². The van der Waals surface area contributed by atoms with Crippen LogP contribution in [0, 0.1) is 5.92 Å². The van der Waals surface area contributed by atoms with Gasteiger partial charge in [0.25, 0.3) is 5.91 Å². The topological polar surface area (TPSA) is 55.6 Å². The number of carbonyl (C=O) groups is 1. The number of benzene rings is 1. The maximum atomic E-state index is 12.8. The quantitative estimate of drug-likeness (QED) is 0.855. The third-order valence-electron chi connectivity index (χ3n) is 3.66. The normalized spacial score (nSPS) is 19.4. The first-order chi connectivity index (χ1) is 9.82. The Kier molecular flexibility index (Phi) is 4.29. The molecule has 1 aliphatic heterocycles. The number of halogens is 3. The molecule has 0 aromatic heterocycles. The Balaban J connectivity index is 2.20. The number of nitrogens with two attached hydrogens (primary N) is 1. The van der Waals surface area contributed by atoms with E-state index in [9.17, 15) is 18.0 Å². The molecule has 0 spiro atoms. The number of nitrogen functional groups attached to an aromatic ring is 1. The molecule has 1 fully saturated rings. The highest BCUT2D eigenvalue weighted by Crippen LogP contribution is 2.34. The smallest absolute Gasteiger partial charge is 0.393 e. The Hall–Kier alpha value is -1.92. The van der Waals surface area contributed by atoms with Gasteiger partial charge >= 0.3 is 6.18 Å². The van der Waals surface area contributed by atoms with Crippen LogP contribution in [-0.4, -0.2) is 37.2 Å². The van der Waals surface area contributed by atoms with Crippen LogP contribution in [-0.2, 0) is 0 Å². The molecule has 2 rings (SSSR count). The predicted molar refractivity (Wildman–Crippen MR) is 72.1 cm³/mol. The van der Waals surface area contributed by atoms with Gasteiger partial charge in [0.15, 0.2) is 0 Å². The number of likely N-dealkylation sites (tertiary alicyclic amines) is 1. The van der Waals surface area contributed by atoms with Gasteiger partial charge in [0.05, 0.1) is 18.6 Å². The van der Waals surface area contributed by atoms with Crippen molar-refractivity contribution in [1.82, 2.24) is 4.90 Å². The van der Waals surface area contributed by atoms with Crippen LogP contribution in [0.25, 0.3) is 0 Å². The van der Waals surface area contributed by atoms with Crippen molar-refractivity contribution < 1.29 is 22.7 Å². The molecular weight excluding hydrogens is 285 g/mol. The predicted octanol–water partition coefficient (Wildman–Crippen LogP) is 2.69. The summed E-state index contributed by atoms with van der Waals surface area (Å²) in [7, 11) is 1.44. The number of hydrogen-bond donors (Lipinski definition) is 1.